The molecule has 0 aliphatic carbocycles. The molecule has 0 spiro atoms. The van der Waals surface area contributed by atoms with Gasteiger partial charge >= 0.3 is 0 Å². The summed E-state index contributed by atoms with van der Waals surface area (Å²) in [5.74, 6) is -2.59. The Hall–Kier alpha value is -1.60. The Kier molecular flexibility index (Phi) is 5.58. The Morgan fingerprint density at radius 1 is 1.29 bits per heavy atom. The van der Waals surface area contributed by atoms with Gasteiger partial charge in [-0.25, -0.2) is 0 Å². The highest BCUT2D eigenvalue weighted by Crippen LogP contribution is 2.32. The summed E-state index contributed by atoms with van der Waals surface area (Å²) in [6.07, 6.45) is 0. The minimum atomic E-state index is -2.45. The lowest BCUT2D eigenvalue weighted by atomic mass is 10.3. The van der Waals surface area contributed by atoms with E-state index in [2.05, 4.69) is 10.6 Å². The number of rotatable bonds is 6. The topological polar surface area (TPSA) is 41.1 Å². The van der Waals surface area contributed by atoms with E-state index in [9.17, 15) is 13.6 Å². The third kappa shape index (κ3) is 4.71. The molecule has 21 heavy (non-hydrogen) atoms. The average molecular weight is 328 g/mol. The summed E-state index contributed by atoms with van der Waals surface area (Å²) in [7, 11) is 0. The van der Waals surface area contributed by atoms with Crippen molar-refractivity contribution in [2.24, 2.45) is 0 Å². The molecule has 2 rings (SSSR count). The van der Waals surface area contributed by atoms with Crippen molar-refractivity contribution in [1.29, 1.82) is 0 Å². The van der Waals surface area contributed by atoms with Crippen LogP contribution in [0.2, 0.25) is 0 Å². The number of amides is 1. The molecule has 1 amide bonds. The molecule has 0 saturated heterocycles. The number of hydrogen-bond donors (Lipinski definition) is 2. The fourth-order valence-electron chi connectivity index (χ4n) is 1.77. The molecular formula is C14H14F2N2OS2. The summed E-state index contributed by atoms with van der Waals surface area (Å²) in [4.78, 5) is 12.6. The molecule has 0 unspecified atom stereocenters. The Morgan fingerprint density at radius 2 is 2.05 bits per heavy atom. The van der Waals surface area contributed by atoms with Crippen LogP contribution in [0.5, 0.6) is 0 Å². The smallest absolute Gasteiger partial charge is 0.288 e. The highest BCUT2D eigenvalue weighted by molar-refractivity contribution is 7.99. The normalized spacial score (nSPS) is 10.7. The van der Waals surface area contributed by atoms with Gasteiger partial charge in [0, 0.05) is 22.4 Å². The van der Waals surface area contributed by atoms with E-state index >= 15 is 0 Å². The fraction of sp³-hybridized carbons (Fsp3) is 0.214. The van der Waals surface area contributed by atoms with Crippen molar-refractivity contribution in [2.75, 3.05) is 10.6 Å². The quantitative estimate of drug-likeness (QED) is 0.760. The Bertz CT molecular complexity index is 617. The summed E-state index contributed by atoms with van der Waals surface area (Å²) in [5, 5.41) is 7.76. The summed E-state index contributed by atoms with van der Waals surface area (Å²) in [5.41, 5.74) is 1.41. The molecule has 1 aromatic carbocycles. The Labute approximate surface area is 129 Å². The maximum Gasteiger partial charge on any atom is 0.288 e. The summed E-state index contributed by atoms with van der Waals surface area (Å²) in [6, 6.07) is 8.76. The molecule has 0 bridgehead atoms. The van der Waals surface area contributed by atoms with Crippen molar-refractivity contribution >= 4 is 40.4 Å². The first-order chi connectivity index (χ1) is 10.1. The lowest BCUT2D eigenvalue weighted by Gasteiger charge is -2.11. The first kappa shape index (κ1) is 15.8. The third-order valence-corrected chi connectivity index (χ3v) is 4.31. The van der Waals surface area contributed by atoms with Crippen LogP contribution in [0.1, 0.15) is 11.8 Å². The first-order valence-electron chi connectivity index (χ1n) is 6.18. The molecular weight excluding hydrogens is 314 g/mol. The fourth-order valence-corrected chi connectivity index (χ4v) is 3.15. The van der Waals surface area contributed by atoms with E-state index in [0.29, 0.717) is 28.9 Å². The van der Waals surface area contributed by atoms with E-state index in [1.165, 1.54) is 18.3 Å². The van der Waals surface area contributed by atoms with Crippen molar-refractivity contribution < 1.29 is 13.6 Å². The van der Waals surface area contributed by atoms with E-state index in [1.54, 1.807) is 24.3 Å². The molecule has 0 aliphatic rings. The molecule has 2 aromatic rings. The van der Waals surface area contributed by atoms with Gasteiger partial charge in [0.05, 0.1) is 12.2 Å². The van der Waals surface area contributed by atoms with Crippen molar-refractivity contribution in [3.8, 4) is 0 Å². The van der Waals surface area contributed by atoms with Crippen LogP contribution >= 0.6 is 23.1 Å². The Balaban J connectivity index is 2.06. The van der Waals surface area contributed by atoms with E-state index in [1.807, 2.05) is 11.4 Å². The standard InChI is InChI=1S/C14H14F2N2OS2/c1-9(19)18-11-6-7-20-13(11)8-17-10-4-2-3-5-12(10)21-14(15)16/h2-7,14,17H,8H2,1H3,(H,18,19). The van der Waals surface area contributed by atoms with Crippen molar-refractivity contribution in [2.45, 2.75) is 24.1 Å². The monoisotopic (exact) mass is 328 g/mol. The number of para-hydroxylation sites is 1. The third-order valence-electron chi connectivity index (χ3n) is 2.60. The number of anilines is 2. The summed E-state index contributed by atoms with van der Waals surface area (Å²) in [6.45, 7) is 1.91. The van der Waals surface area contributed by atoms with Gasteiger partial charge in [-0.3, -0.25) is 4.79 Å². The van der Waals surface area contributed by atoms with Crippen LogP contribution in [0.25, 0.3) is 0 Å². The minimum absolute atomic E-state index is 0.136. The van der Waals surface area contributed by atoms with Crippen molar-refractivity contribution in [3.05, 3.63) is 40.6 Å². The average Bonchev–Trinajstić information content (AvgIpc) is 2.83. The molecule has 7 heteroatoms. The second-order valence-corrected chi connectivity index (χ2v) is 6.20. The molecule has 0 saturated carbocycles. The predicted octanol–water partition coefficient (Wildman–Crippen LogP) is 4.63. The molecule has 112 valence electrons. The number of benzene rings is 1. The van der Waals surface area contributed by atoms with Gasteiger partial charge in [-0.05, 0) is 23.6 Å². The maximum atomic E-state index is 12.5. The lowest BCUT2D eigenvalue weighted by molar-refractivity contribution is -0.114. The zero-order chi connectivity index (χ0) is 15.2. The molecule has 1 aromatic heterocycles. The SMILES string of the molecule is CC(=O)Nc1ccsc1CNc1ccccc1SC(F)F. The molecule has 0 fully saturated rings. The van der Waals surface area contributed by atoms with Crippen LogP contribution in [-0.2, 0) is 11.3 Å². The van der Waals surface area contributed by atoms with Crippen LogP contribution in [0, 0.1) is 0 Å². The highest BCUT2D eigenvalue weighted by Gasteiger charge is 2.11. The van der Waals surface area contributed by atoms with Gasteiger partial charge in [-0.2, -0.15) is 8.78 Å². The number of alkyl halides is 2. The van der Waals surface area contributed by atoms with Crippen LogP contribution < -0.4 is 10.6 Å². The second-order valence-electron chi connectivity index (χ2n) is 4.17. The van der Waals surface area contributed by atoms with Gasteiger partial charge in [-0.15, -0.1) is 11.3 Å². The number of hydrogen-bond acceptors (Lipinski definition) is 4. The number of halogens is 2. The van der Waals surface area contributed by atoms with Gasteiger partial charge in [0.2, 0.25) is 5.91 Å². The largest absolute Gasteiger partial charge is 0.379 e. The van der Waals surface area contributed by atoms with E-state index in [0.717, 1.165) is 10.6 Å². The van der Waals surface area contributed by atoms with Crippen molar-refractivity contribution in [1.82, 2.24) is 0 Å². The number of thiophene rings is 1. The van der Waals surface area contributed by atoms with Gasteiger partial charge in [0.25, 0.3) is 5.76 Å². The number of carbonyl (C=O) groups is 1. The van der Waals surface area contributed by atoms with Gasteiger partial charge in [0.1, 0.15) is 0 Å². The molecule has 0 radical (unpaired) electrons. The van der Waals surface area contributed by atoms with Gasteiger partial charge in [-0.1, -0.05) is 23.9 Å². The molecule has 2 N–H and O–H groups in total. The molecule has 1 heterocycles. The highest BCUT2D eigenvalue weighted by atomic mass is 32.2. The summed E-state index contributed by atoms with van der Waals surface area (Å²) < 4.78 is 25.0. The van der Waals surface area contributed by atoms with Crippen LogP contribution in [0.15, 0.2) is 40.6 Å². The second kappa shape index (κ2) is 7.42. The maximum absolute atomic E-state index is 12.5. The molecule has 0 aliphatic heterocycles. The first-order valence-corrected chi connectivity index (χ1v) is 7.94. The zero-order valence-electron chi connectivity index (χ0n) is 11.2. The number of carbonyl (C=O) groups excluding carboxylic acids is 1. The molecule has 3 nitrogen and oxygen atoms in total. The lowest BCUT2D eigenvalue weighted by Crippen LogP contribution is -2.08. The van der Waals surface area contributed by atoms with Crippen LogP contribution in [-0.4, -0.2) is 11.7 Å². The zero-order valence-corrected chi connectivity index (χ0v) is 12.9. The van der Waals surface area contributed by atoms with E-state index in [4.69, 9.17) is 0 Å². The minimum Gasteiger partial charge on any atom is -0.379 e. The van der Waals surface area contributed by atoms with E-state index < -0.39 is 5.76 Å². The summed E-state index contributed by atoms with van der Waals surface area (Å²) >= 11 is 2.01. The van der Waals surface area contributed by atoms with Crippen LogP contribution in [0.3, 0.4) is 0 Å². The number of thioether (sulfide) groups is 1. The van der Waals surface area contributed by atoms with Gasteiger partial charge in [0.15, 0.2) is 0 Å². The predicted molar refractivity (Wildman–Crippen MR) is 84.3 cm³/mol. The van der Waals surface area contributed by atoms with Crippen molar-refractivity contribution in [3.63, 3.8) is 0 Å². The van der Waals surface area contributed by atoms with Gasteiger partial charge < -0.3 is 10.6 Å². The molecule has 0 atom stereocenters. The van der Waals surface area contributed by atoms with Crippen LogP contribution in [0.4, 0.5) is 20.2 Å². The number of nitrogens with one attached hydrogen (secondary N) is 2. The van der Waals surface area contributed by atoms with E-state index in [-0.39, 0.29) is 5.91 Å². The Morgan fingerprint density at radius 3 is 2.76 bits per heavy atom.